The van der Waals surface area contributed by atoms with Crippen molar-refractivity contribution < 1.29 is 24.1 Å². The number of hydrazine groups is 1. The van der Waals surface area contributed by atoms with E-state index in [2.05, 4.69) is 15.4 Å². The Morgan fingerprint density at radius 3 is 2.61 bits per heavy atom. The molecule has 2 N–H and O–H groups in total. The molecule has 10 heteroatoms. The molecule has 1 aromatic heterocycles. The van der Waals surface area contributed by atoms with E-state index in [0.29, 0.717) is 27.5 Å². The van der Waals surface area contributed by atoms with Crippen LogP contribution in [-0.2, 0) is 9.53 Å². The smallest absolute Gasteiger partial charge is 0.329 e. The van der Waals surface area contributed by atoms with Crippen molar-refractivity contribution in [2.75, 3.05) is 25.8 Å². The molecule has 0 saturated heterocycles. The molecule has 2 unspecified atom stereocenters. The maximum absolute atomic E-state index is 13.0. The number of rotatable bonds is 8. The molecule has 9 nitrogen and oxygen atoms in total. The van der Waals surface area contributed by atoms with Crippen LogP contribution in [0.4, 0.5) is 5.69 Å². The molecule has 1 aromatic carbocycles. The Bertz CT molecular complexity index is 1060. The zero-order chi connectivity index (χ0) is 24.3. The molecular formula is C23H29ClN4O5. The molecule has 2 aromatic rings. The van der Waals surface area contributed by atoms with Crippen molar-refractivity contribution >= 4 is 23.3 Å². The van der Waals surface area contributed by atoms with Gasteiger partial charge in [0, 0.05) is 16.3 Å². The van der Waals surface area contributed by atoms with Crippen molar-refractivity contribution in [3.63, 3.8) is 0 Å². The number of hydrogen-bond acceptors (Lipinski definition) is 9. The number of benzene rings is 1. The molecule has 0 amide bonds. The molecule has 0 fully saturated rings. The summed E-state index contributed by atoms with van der Waals surface area (Å²) in [4.78, 5) is 21.4. The van der Waals surface area contributed by atoms with E-state index in [1.165, 1.54) is 20.4 Å². The molecule has 2 atom stereocenters. The van der Waals surface area contributed by atoms with Crippen LogP contribution in [0.25, 0.3) is 0 Å². The van der Waals surface area contributed by atoms with Crippen molar-refractivity contribution in [1.29, 1.82) is 0 Å². The highest BCUT2D eigenvalue weighted by molar-refractivity contribution is 6.30. The van der Waals surface area contributed by atoms with Crippen molar-refractivity contribution in [2.24, 2.45) is 5.92 Å². The van der Waals surface area contributed by atoms with E-state index < -0.39 is 18.1 Å². The van der Waals surface area contributed by atoms with Crippen LogP contribution in [0.15, 0.2) is 35.7 Å². The number of aryl methyl sites for hydroxylation is 1. The quantitative estimate of drug-likeness (QED) is 0.554. The Labute approximate surface area is 198 Å². The van der Waals surface area contributed by atoms with Gasteiger partial charge < -0.3 is 19.3 Å². The summed E-state index contributed by atoms with van der Waals surface area (Å²) < 4.78 is 15.9. The lowest BCUT2D eigenvalue weighted by atomic mass is 9.89. The summed E-state index contributed by atoms with van der Waals surface area (Å²) in [5, 5.41) is 13.8. The number of hydrogen-bond donors (Lipinski definition) is 2. The number of methoxy groups -OCH3 is 2. The minimum absolute atomic E-state index is 0.0963. The van der Waals surface area contributed by atoms with Crippen molar-refractivity contribution in [3.05, 3.63) is 51.8 Å². The first kappa shape index (κ1) is 24.8. The molecule has 178 valence electrons. The third kappa shape index (κ3) is 4.90. The molecule has 2 heterocycles. The highest BCUT2D eigenvalue weighted by Gasteiger charge is 2.43. The van der Waals surface area contributed by atoms with Crippen LogP contribution in [0, 0.1) is 12.8 Å². The van der Waals surface area contributed by atoms with Crippen LogP contribution in [0.5, 0.6) is 11.9 Å². The normalized spacial score (nSPS) is 16.9. The van der Waals surface area contributed by atoms with Gasteiger partial charge >= 0.3 is 12.0 Å². The van der Waals surface area contributed by atoms with Crippen LogP contribution >= 0.6 is 11.6 Å². The van der Waals surface area contributed by atoms with Crippen LogP contribution in [0.3, 0.4) is 0 Å². The molecular weight excluding hydrogens is 448 g/mol. The Kier molecular flexibility index (Phi) is 7.78. The predicted molar refractivity (Wildman–Crippen MR) is 124 cm³/mol. The molecule has 33 heavy (non-hydrogen) atoms. The summed E-state index contributed by atoms with van der Waals surface area (Å²) in [5.74, 6) is -0.360. The van der Waals surface area contributed by atoms with E-state index in [1.54, 1.807) is 30.1 Å². The second-order valence-corrected chi connectivity index (χ2v) is 8.24. The first-order valence-corrected chi connectivity index (χ1v) is 11.0. The Balaban J connectivity index is 2.20. The first-order valence-electron chi connectivity index (χ1n) is 10.6. The fourth-order valence-electron chi connectivity index (χ4n) is 3.90. The van der Waals surface area contributed by atoms with Gasteiger partial charge in [0.1, 0.15) is 17.8 Å². The van der Waals surface area contributed by atoms with Gasteiger partial charge in [0.25, 0.3) is 0 Å². The Hall–Kier alpha value is -2.88. The number of carbonyl (C=O) groups is 1. The standard InChI is InChI=1S/C23H29ClN4O5/c1-7-33-22(30)18-17(20(29)15-9-8-14(24)10-13(15)4)19(12(2)3)28(27-18)16-11-25-23(32-6)26-21(16)31-5/h8-12,18,20,27,29H,7H2,1-6H3. The van der Waals surface area contributed by atoms with Crippen molar-refractivity contribution in [2.45, 2.75) is 39.8 Å². The first-order chi connectivity index (χ1) is 15.7. The van der Waals surface area contributed by atoms with E-state index in [0.717, 1.165) is 5.56 Å². The molecule has 0 spiro atoms. The van der Waals surface area contributed by atoms with Gasteiger partial charge in [-0.3, -0.25) is 5.01 Å². The van der Waals surface area contributed by atoms with Crippen molar-refractivity contribution in [3.8, 4) is 11.9 Å². The van der Waals surface area contributed by atoms with Gasteiger partial charge in [-0.05, 0) is 43.0 Å². The number of anilines is 1. The third-order valence-electron chi connectivity index (χ3n) is 5.33. The second-order valence-electron chi connectivity index (χ2n) is 7.80. The van der Waals surface area contributed by atoms with Gasteiger partial charge in [-0.15, -0.1) is 0 Å². The number of aliphatic hydroxyl groups excluding tert-OH is 1. The lowest BCUT2D eigenvalue weighted by molar-refractivity contribution is -0.144. The number of nitrogens with zero attached hydrogens (tertiary/aromatic N) is 3. The third-order valence-corrected chi connectivity index (χ3v) is 5.56. The highest BCUT2D eigenvalue weighted by atomic mass is 35.5. The molecule has 1 aliphatic heterocycles. The van der Waals surface area contributed by atoms with Gasteiger partial charge in [-0.25, -0.2) is 15.2 Å². The Morgan fingerprint density at radius 1 is 1.30 bits per heavy atom. The zero-order valence-electron chi connectivity index (χ0n) is 19.5. The Morgan fingerprint density at radius 2 is 2.03 bits per heavy atom. The van der Waals surface area contributed by atoms with Gasteiger partial charge in [0.05, 0.1) is 27.0 Å². The summed E-state index contributed by atoms with van der Waals surface area (Å²) in [6.07, 6.45) is 0.447. The predicted octanol–water partition coefficient (Wildman–Crippen LogP) is 3.36. The number of nitrogens with one attached hydrogen (secondary N) is 1. The van der Waals surface area contributed by atoms with Crippen LogP contribution in [0.1, 0.15) is 38.0 Å². The van der Waals surface area contributed by atoms with E-state index >= 15 is 0 Å². The lowest BCUT2D eigenvalue weighted by Gasteiger charge is -2.26. The van der Waals surface area contributed by atoms with Crippen LogP contribution in [-0.4, -0.2) is 47.9 Å². The number of aliphatic hydroxyl groups is 1. The summed E-state index contributed by atoms with van der Waals surface area (Å²) in [7, 11) is 2.94. The molecule has 0 aliphatic carbocycles. The van der Waals surface area contributed by atoms with E-state index in [-0.39, 0.29) is 24.4 Å². The van der Waals surface area contributed by atoms with Gasteiger partial charge in [-0.2, -0.15) is 4.98 Å². The second kappa shape index (κ2) is 10.4. The van der Waals surface area contributed by atoms with Crippen LogP contribution < -0.4 is 19.9 Å². The lowest BCUT2D eigenvalue weighted by Crippen LogP contribution is -2.44. The van der Waals surface area contributed by atoms with Gasteiger partial charge in [0.15, 0.2) is 0 Å². The molecule has 1 aliphatic rings. The number of ether oxygens (including phenoxy) is 3. The maximum atomic E-state index is 13.0. The molecule has 0 bridgehead atoms. The minimum atomic E-state index is -1.09. The number of halogens is 1. The van der Waals surface area contributed by atoms with Gasteiger partial charge in [0.2, 0.25) is 5.88 Å². The highest BCUT2D eigenvalue weighted by Crippen LogP contribution is 2.41. The molecule has 0 saturated carbocycles. The number of aromatic nitrogens is 2. The van der Waals surface area contributed by atoms with E-state index in [4.69, 9.17) is 25.8 Å². The average molecular weight is 477 g/mol. The average Bonchev–Trinajstić information content (AvgIpc) is 3.19. The van der Waals surface area contributed by atoms with E-state index in [1.807, 2.05) is 20.8 Å². The van der Waals surface area contributed by atoms with Crippen molar-refractivity contribution in [1.82, 2.24) is 15.4 Å². The zero-order valence-corrected chi connectivity index (χ0v) is 20.3. The summed E-state index contributed by atoms with van der Waals surface area (Å²) in [6.45, 7) is 7.73. The molecule has 3 rings (SSSR count). The topological polar surface area (TPSA) is 106 Å². The summed E-state index contributed by atoms with van der Waals surface area (Å²) >= 11 is 6.12. The monoisotopic (exact) mass is 476 g/mol. The number of allylic oxidation sites excluding steroid dienone is 1. The largest absolute Gasteiger partial charge is 0.479 e. The fourth-order valence-corrected chi connectivity index (χ4v) is 4.13. The fraction of sp³-hybridized carbons (Fsp3) is 0.435. The number of carbonyl (C=O) groups excluding carboxylic acids is 1. The maximum Gasteiger partial charge on any atom is 0.329 e. The van der Waals surface area contributed by atoms with E-state index in [9.17, 15) is 9.90 Å². The van der Waals surface area contributed by atoms with Crippen LogP contribution in [0.2, 0.25) is 5.02 Å². The summed E-state index contributed by atoms with van der Waals surface area (Å²) in [6, 6.07) is 4.45. The summed E-state index contributed by atoms with van der Waals surface area (Å²) in [5.41, 5.74) is 6.23. The minimum Gasteiger partial charge on any atom is -0.479 e. The molecule has 0 radical (unpaired) electrons. The van der Waals surface area contributed by atoms with Gasteiger partial charge in [-0.1, -0.05) is 31.5 Å². The SMILES string of the molecule is CCOC(=O)C1NN(c2cnc(OC)nc2OC)C(C(C)C)=C1C(O)c1ccc(Cl)cc1C. The number of esters is 1.